The molecule has 1 spiro atoms. The molecule has 1 unspecified atom stereocenters. The normalized spacial score (nSPS) is 30.5. The van der Waals surface area contributed by atoms with Crippen LogP contribution in [-0.4, -0.2) is 48.8 Å². The highest BCUT2D eigenvalue weighted by Crippen LogP contribution is 2.37. The van der Waals surface area contributed by atoms with Crippen molar-refractivity contribution in [3.63, 3.8) is 0 Å². The molecule has 4 heteroatoms. The molecule has 0 radical (unpaired) electrons. The fraction of sp³-hybridized carbons (Fsp3) is 0.842. The van der Waals surface area contributed by atoms with E-state index in [0.717, 1.165) is 69.9 Å². The van der Waals surface area contributed by atoms with Crippen LogP contribution < -0.4 is 0 Å². The Morgan fingerprint density at radius 1 is 1.26 bits per heavy atom. The lowest BCUT2D eigenvalue weighted by Crippen LogP contribution is -2.67. The van der Waals surface area contributed by atoms with Crippen LogP contribution in [0.5, 0.6) is 0 Å². The molecule has 1 amide bonds. The summed E-state index contributed by atoms with van der Waals surface area (Å²) in [7, 11) is 0. The van der Waals surface area contributed by atoms with Gasteiger partial charge in [-0.05, 0) is 44.4 Å². The van der Waals surface area contributed by atoms with E-state index < -0.39 is 0 Å². The molecule has 1 saturated carbocycles. The molecule has 4 nitrogen and oxygen atoms in total. The monoisotopic (exact) mass is 319 g/mol. The van der Waals surface area contributed by atoms with E-state index in [0.29, 0.717) is 6.10 Å². The van der Waals surface area contributed by atoms with Gasteiger partial charge in [-0.25, -0.2) is 0 Å². The number of carbonyl (C=O) groups is 1. The van der Waals surface area contributed by atoms with E-state index in [1.165, 1.54) is 25.7 Å². The van der Waals surface area contributed by atoms with Crippen LogP contribution >= 0.6 is 0 Å². The summed E-state index contributed by atoms with van der Waals surface area (Å²) in [5, 5.41) is 0. The summed E-state index contributed by atoms with van der Waals surface area (Å²) in [6.45, 7) is 3.22. The zero-order valence-corrected chi connectivity index (χ0v) is 14.1. The predicted octanol–water partition coefficient (Wildman–Crippen LogP) is 3.06. The van der Waals surface area contributed by atoms with Crippen molar-refractivity contribution in [3.8, 4) is 0 Å². The summed E-state index contributed by atoms with van der Waals surface area (Å²) in [4.78, 5) is 14.4. The van der Waals surface area contributed by atoms with Crippen LogP contribution in [0.4, 0.5) is 0 Å². The maximum Gasteiger partial charge on any atom is 0.249 e. The SMILES string of the molecule is O=C(C1=CCCC1)N1CC2(CC(OCC3CCCC3)CCO2)C1. The minimum absolute atomic E-state index is 0.118. The van der Waals surface area contributed by atoms with E-state index in [1.807, 2.05) is 4.90 Å². The van der Waals surface area contributed by atoms with Gasteiger partial charge in [0.1, 0.15) is 5.60 Å². The van der Waals surface area contributed by atoms with E-state index in [-0.39, 0.29) is 11.5 Å². The van der Waals surface area contributed by atoms with Gasteiger partial charge in [0.05, 0.1) is 19.2 Å². The number of ether oxygens (including phenoxy) is 2. The van der Waals surface area contributed by atoms with Gasteiger partial charge in [-0.15, -0.1) is 0 Å². The number of hydrogen-bond donors (Lipinski definition) is 0. The number of allylic oxidation sites excluding steroid dienone is 1. The van der Waals surface area contributed by atoms with E-state index in [1.54, 1.807) is 0 Å². The average Bonchev–Trinajstić information content (AvgIpc) is 3.23. The van der Waals surface area contributed by atoms with Gasteiger partial charge < -0.3 is 14.4 Å². The van der Waals surface area contributed by atoms with Crippen LogP contribution in [0, 0.1) is 5.92 Å². The molecule has 2 aliphatic carbocycles. The summed E-state index contributed by atoms with van der Waals surface area (Å²) in [6, 6.07) is 0. The second kappa shape index (κ2) is 6.56. The second-order valence-electron chi connectivity index (χ2n) is 7.91. The van der Waals surface area contributed by atoms with Gasteiger partial charge in [0.15, 0.2) is 0 Å². The van der Waals surface area contributed by atoms with Gasteiger partial charge in [0, 0.05) is 25.2 Å². The van der Waals surface area contributed by atoms with E-state index in [9.17, 15) is 4.79 Å². The van der Waals surface area contributed by atoms with Crippen molar-refractivity contribution in [1.29, 1.82) is 0 Å². The van der Waals surface area contributed by atoms with Crippen molar-refractivity contribution < 1.29 is 14.3 Å². The molecule has 4 rings (SSSR count). The van der Waals surface area contributed by atoms with Crippen molar-refractivity contribution >= 4 is 5.91 Å². The molecule has 2 heterocycles. The molecule has 0 N–H and O–H groups in total. The summed E-state index contributed by atoms with van der Waals surface area (Å²) in [5.41, 5.74) is 0.901. The lowest BCUT2D eigenvalue weighted by atomic mass is 9.84. The molecule has 0 aromatic rings. The molecular weight excluding hydrogens is 290 g/mol. The predicted molar refractivity (Wildman–Crippen MR) is 88.1 cm³/mol. The number of nitrogens with zero attached hydrogens (tertiary/aromatic N) is 1. The highest BCUT2D eigenvalue weighted by Gasteiger charge is 2.50. The zero-order valence-electron chi connectivity index (χ0n) is 14.1. The van der Waals surface area contributed by atoms with Crippen LogP contribution in [0.1, 0.15) is 57.8 Å². The van der Waals surface area contributed by atoms with Gasteiger partial charge in [-0.1, -0.05) is 18.9 Å². The fourth-order valence-corrected chi connectivity index (χ4v) is 4.66. The number of hydrogen-bond acceptors (Lipinski definition) is 3. The largest absolute Gasteiger partial charge is 0.378 e. The van der Waals surface area contributed by atoms with Gasteiger partial charge in [0.2, 0.25) is 5.91 Å². The second-order valence-corrected chi connectivity index (χ2v) is 7.91. The molecule has 23 heavy (non-hydrogen) atoms. The lowest BCUT2D eigenvalue weighted by Gasteiger charge is -2.53. The minimum Gasteiger partial charge on any atom is -0.378 e. The van der Waals surface area contributed by atoms with Gasteiger partial charge >= 0.3 is 0 Å². The first-order valence-electron chi connectivity index (χ1n) is 9.48. The van der Waals surface area contributed by atoms with Crippen LogP contribution in [0.25, 0.3) is 0 Å². The van der Waals surface area contributed by atoms with Crippen molar-refractivity contribution in [2.75, 3.05) is 26.3 Å². The minimum atomic E-state index is -0.118. The lowest BCUT2D eigenvalue weighted by molar-refractivity contribution is -0.200. The third-order valence-electron chi connectivity index (χ3n) is 6.05. The van der Waals surface area contributed by atoms with Crippen molar-refractivity contribution in [3.05, 3.63) is 11.6 Å². The van der Waals surface area contributed by atoms with Crippen LogP contribution in [0.3, 0.4) is 0 Å². The molecular formula is C19H29NO3. The maximum absolute atomic E-state index is 12.4. The Labute approximate surface area is 139 Å². The molecule has 4 aliphatic rings. The van der Waals surface area contributed by atoms with Gasteiger partial charge in [0.25, 0.3) is 0 Å². The molecule has 3 fully saturated rings. The average molecular weight is 319 g/mol. The van der Waals surface area contributed by atoms with E-state index in [4.69, 9.17) is 9.47 Å². The van der Waals surface area contributed by atoms with E-state index >= 15 is 0 Å². The topological polar surface area (TPSA) is 38.8 Å². The van der Waals surface area contributed by atoms with Crippen LogP contribution in [-0.2, 0) is 14.3 Å². The summed E-state index contributed by atoms with van der Waals surface area (Å²) >= 11 is 0. The molecule has 0 aromatic carbocycles. The highest BCUT2D eigenvalue weighted by molar-refractivity contribution is 5.94. The molecule has 0 aromatic heterocycles. The summed E-state index contributed by atoms with van der Waals surface area (Å²) in [5.74, 6) is 1.02. The highest BCUT2D eigenvalue weighted by atomic mass is 16.5. The van der Waals surface area contributed by atoms with Gasteiger partial charge in [-0.3, -0.25) is 4.79 Å². The third kappa shape index (κ3) is 3.34. The first kappa shape index (κ1) is 15.6. The Morgan fingerprint density at radius 2 is 2.09 bits per heavy atom. The first-order chi connectivity index (χ1) is 11.2. The van der Waals surface area contributed by atoms with Crippen LogP contribution in [0.15, 0.2) is 11.6 Å². The quantitative estimate of drug-likeness (QED) is 0.799. The van der Waals surface area contributed by atoms with E-state index in [2.05, 4.69) is 6.08 Å². The third-order valence-corrected chi connectivity index (χ3v) is 6.05. The summed E-state index contributed by atoms with van der Waals surface area (Å²) in [6.07, 6.45) is 13.0. The van der Waals surface area contributed by atoms with Crippen LogP contribution in [0.2, 0.25) is 0 Å². The Kier molecular flexibility index (Phi) is 4.46. The molecule has 2 saturated heterocycles. The standard InChI is InChI=1S/C19H29NO3/c21-18(16-7-3-4-8-16)20-13-19(14-20)11-17(9-10-23-19)22-12-15-5-1-2-6-15/h7,15,17H,1-6,8-14H2. The van der Waals surface area contributed by atoms with Crippen molar-refractivity contribution in [2.45, 2.75) is 69.5 Å². The van der Waals surface area contributed by atoms with Crippen molar-refractivity contribution in [1.82, 2.24) is 4.90 Å². The van der Waals surface area contributed by atoms with Crippen molar-refractivity contribution in [2.24, 2.45) is 5.92 Å². The Bertz CT molecular complexity index is 475. The van der Waals surface area contributed by atoms with Gasteiger partial charge in [-0.2, -0.15) is 0 Å². The number of likely N-dealkylation sites (tertiary alicyclic amines) is 1. The molecule has 0 bridgehead atoms. The summed E-state index contributed by atoms with van der Waals surface area (Å²) < 4.78 is 12.3. The zero-order chi connectivity index (χ0) is 15.7. The fourth-order valence-electron chi connectivity index (χ4n) is 4.66. The Morgan fingerprint density at radius 3 is 2.83 bits per heavy atom. The molecule has 128 valence electrons. The maximum atomic E-state index is 12.4. The Balaban J connectivity index is 1.26. The Hall–Kier alpha value is -0.870. The number of carbonyl (C=O) groups excluding carboxylic acids is 1. The molecule has 2 aliphatic heterocycles. The number of amides is 1. The first-order valence-corrected chi connectivity index (χ1v) is 9.48. The smallest absolute Gasteiger partial charge is 0.249 e. The molecule has 1 atom stereocenters. The number of rotatable bonds is 4.